The quantitative estimate of drug-likeness (QED) is 0.783. The fourth-order valence-electron chi connectivity index (χ4n) is 2.93. The average Bonchev–Trinajstić information content (AvgIpc) is 2.96. The van der Waals surface area contributed by atoms with Crippen molar-refractivity contribution < 1.29 is 4.74 Å². The summed E-state index contributed by atoms with van der Waals surface area (Å²) in [6.07, 6.45) is 2.56. The highest BCUT2D eigenvalue weighted by Gasteiger charge is 2.36. The zero-order valence-corrected chi connectivity index (χ0v) is 10.1. The largest absolute Gasteiger partial charge is 0.377 e. The maximum Gasteiger partial charge on any atom is 0.245 e. The Morgan fingerprint density at radius 2 is 2.41 bits per heavy atom. The van der Waals surface area contributed by atoms with Crippen LogP contribution < -0.4 is 10.2 Å². The lowest BCUT2D eigenvalue weighted by Crippen LogP contribution is -2.45. The Kier molecular flexibility index (Phi) is 2.98. The maximum atomic E-state index is 5.05. The molecule has 2 saturated heterocycles. The summed E-state index contributed by atoms with van der Waals surface area (Å²) in [6, 6.07) is 0.565. The molecule has 2 atom stereocenters. The van der Waals surface area contributed by atoms with Crippen molar-refractivity contribution in [1.82, 2.24) is 20.5 Å². The molecule has 0 aliphatic carbocycles. The van der Waals surface area contributed by atoms with Gasteiger partial charge in [-0.1, -0.05) is 0 Å². The van der Waals surface area contributed by atoms with Gasteiger partial charge in [0.25, 0.3) is 0 Å². The van der Waals surface area contributed by atoms with E-state index >= 15 is 0 Å². The molecule has 2 aliphatic rings. The van der Waals surface area contributed by atoms with Gasteiger partial charge in [-0.25, -0.2) is 0 Å². The van der Waals surface area contributed by atoms with Crippen molar-refractivity contribution in [2.24, 2.45) is 5.92 Å². The van der Waals surface area contributed by atoms with Crippen molar-refractivity contribution in [2.45, 2.75) is 25.5 Å². The third-order valence-electron chi connectivity index (χ3n) is 3.74. The topological polar surface area (TPSA) is 66.1 Å². The first kappa shape index (κ1) is 11.0. The van der Waals surface area contributed by atoms with Gasteiger partial charge in [0.05, 0.1) is 0 Å². The SMILES string of the molecule is COCc1nc(N2CCCC3CNCC32)n[nH]1. The zero-order chi connectivity index (χ0) is 11.7. The van der Waals surface area contributed by atoms with Gasteiger partial charge in [-0.3, -0.25) is 5.10 Å². The van der Waals surface area contributed by atoms with Gasteiger partial charge >= 0.3 is 0 Å². The van der Waals surface area contributed by atoms with E-state index in [9.17, 15) is 0 Å². The minimum absolute atomic E-state index is 0.493. The summed E-state index contributed by atoms with van der Waals surface area (Å²) in [6.45, 7) is 3.75. The number of ether oxygens (including phenoxy) is 1. The number of hydrogen-bond donors (Lipinski definition) is 2. The molecule has 3 heterocycles. The molecular formula is C11H19N5O. The Morgan fingerprint density at radius 3 is 3.29 bits per heavy atom. The van der Waals surface area contributed by atoms with E-state index in [1.165, 1.54) is 12.8 Å². The molecule has 2 unspecified atom stereocenters. The minimum Gasteiger partial charge on any atom is -0.377 e. The number of hydrogen-bond acceptors (Lipinski definition) is 5. The minimum atomic E-state index is 0.493. The Labute approximate surface area is 101 Å². The van der Waals surface area contributed by atoms with Gasteiger partial charge in [-0.2, -0.15) is 4.98 Å². The van der Waals surface area contributed by atoms with E-state index < -0.39 is 0 Å². The summed E-state index contributed by atoms with van der Waals surface area (Å²) in [7, 11) is 1.67. The van der Waals surface area contributed by atoms with Crippen LogP contribution in [-0.4, -0.2) is 48.0 Å². The third kappa shape index (κ3) is 2.02. The predicted molar refractivity (Wildman–Crippen MR) is 63.8 cm³/mol. The second-order valence-electron chi connectivity index (χ2n) is 4.84. The van der Waals surface area contributed by atoms with Crippen molar-refractivity contribution >= 4 is 5.95 Å². The van der Waals surface area contributed by atoms with Gasteiger partial charge in [0, 0.05) is 32.8 Å². The Bertz CT molecular complexity index is 380. The Morgan fingerprint density at radius 1 is 1.47 bits per heavy atom. The third-order valence-corrected chi connectivity index (χ3v) is 3.74. The molecular weight excluding hydrogens is 218 g/mol. The standard InChI is InChI=1S/C11H19N5O/c1-17-7-10-13-11(15-14-10)16-4-2-3-8-5-12-6-9(8)16/h8-9,12H,2-7H2,1H3,(H,13,14,15). The number of aromatic amines is 1. The highest BCUT2D eigenvalue weighted by Crippen LogP contribution is 2.28. The first-order chi connectivity index (χ1) is 8.38. The number of aromatic nitrogens is 3. The first-order valence-corrected chi connectivity index (χ1v) is 6.26. The lowest BCUT2D eigenvalue weighted by molar-refractivity contribution is 0.178. The molecule has 0 aromatic carbocycles. The molecule has 1 aromatic heterocycles. The van der Waals surface area contributed by atoms with Crippen molar-refractivity contribution in [3.63, 3.8) is 0 Å². The van der Waals surface area contributed by atoms with E-state index in [2.05, 4.69) is 25.4 Å². The van der Waals surface area contributed by atoms with Crippen LogP contribution in [0, 0.1) is 5.92 Å². The summed E-state index contributed by atoms with van der Waals surface area (Å²) in [5.41, 5.74) is 0. The first-order valence-electron chi connectivity index (χ1n) is 6.26. The number of H-pyrrole nitrogens is 1. The monoisotopic (exact) mass is 237 g/mol. The van der Waals surface area contributed by atoms with E-state index in [0.29, 0.717) is 12.6 Å². The van der Waals surface area contributed by atoms with Gasteiger partial charge in [0.15, 0.2) is 5.82 Å². The van der Waals surface area contributed by atoms with E-state index in [0.717, 1.165) is 37.3 Å². The smallest absolute Gasteiger partial charge is 0.245 e. The van der Waals surface area contributed by atoms with Crippen molar-refractivity contribution in [2.75, 3.05) is 31.6 Å². The number of rotatable bonds is 3. The van der Waals surface area contributed by atoms with Crippen LogP contribution in [-0.2, 0) is 11.3 Å². The Hall–Kier alpha value is -1.14. The van der Waals surface area contributed by atoms with Crippen LogP contribution in [0.15, 0.2) is 0 Å². The maximum absolute atomic E-state index is 5.05. The number of nitrogens with zero attached hydrogens (tertiary/aromatic N) is 3. The van der Waals surface area contributed by atoms with Crippen molar-refractivity contribution in [3.05, 3.63) is 5.82 Å². The van der Waals surface area contributed by atoms with E-state index in [1.54, 1.807) is 7.11 Å². The molecule has 2 N–H and O–H groups in total. The van der Waals surface area contributed by atoms with E-state index in [4.69, 9.17) is 4.74 Å². The number of piperidine rings is 1. The summed E-state index contributed by atoms with van der Waals surface area (Å²) in [4.78, 5) is 6.83. The van der Waals surface area contributed by atoms with Crippen LogP contribution in [0.1, 0.15) is 18.7 Å². The summed E-state index contributed by atoms with van der Waals surface area (Å²) in [5, 5.41) is 10.7. The summed E-state index contributed by atoms with van der Waals surface area (Å²) in [5.74, 6) is 2.39. The summed E-state index contributed by atoms with van der Waals surface area (Å²) >= 11 is 0. The molecule has 2 fully saturated rings. The molecule has 2 aliphatic heterocycles. The highest BCUT2D eigenvalue weighted by molar-refractivity contribution is 5.33. The van der Waals surface area contributed by atoms with Crippen molar-refractivity contribution in [3.8, 4) is 0 Å². The van der Waals surface area contributed by atoms with Crippen LogP contribution in [0.25, 0.3) is 0 Å². The predicted octanol–water partition coefficient (Wildman–Crippen LogP) is 0.139. The van der Waals surface area contributed by atoms with Crippen LogP contribution in [0.3, 0.4) is 0 Å². The number of methoxy groups -OCH3 is 1. The lowest BCUT2D eigenvalue weighted by Gasteiger charge is -2.36. The summed E-state index contributed by atoms with van der Waals surface area (Å²) < 4.78 is 5.05. The van der Waals surface area contributed by atoms with Gasteiger partial charge in [0.2, 0.25) is 5.95 Å². The normalized spacial score (nSPS) is 28.4. The van der Waals surface area contributed by atoms with Crippen LogP contribution in [0.5, 0.6) is 0 Å². The molecule has 94 valence electrons. The van der Waals surface area contributed by atoms with Gasteiger partial charge in [-0.15, -0.1) is 5.10 Å². The van der Waals surface area contributed by atoms with Crippen molar-refractivity contribution in [1.29, 1.82) is 0 Å². The van der Waals surface area contributed by atoms with Gasteiger partial charge < -0.3 is 15.0 Å². The molecule has 6 heteroatoms. The fraction of sp³-hybridized carbons (Fsp3) is 0.818. The number of nitrogens with one attached hydrogen (secondary N) is 2. The Balaban J connectivity index is 1.77. The van der Waals surface area contributed by atoms with Crippen LogP contribution in [0.2, 0.25) is 0 Å². The number of anilines is 1. The molecule has 0 bridgehead atoms. The molecule has 1 aromatic rings. The molecule has 3 rings (SSSR count). The van der Waals surface area contributed by atoms with E-state index in [1.807, 2.05) is 0 Å². The zero-order valence-electron chi connectivity index (χ0n) is 10.1. The molecule has 0 spiro atoms. The average molecular weight is 237 g/mol. The number of fused-ring (bicyclic) bond motifs is 1. The van der Waals surface area contributed by atoms with Crippen LogP contribution in [0.4, 0.5) is 5.95 Å². The lowest BCUT2D eigenvalue weighted by atomic mass is 9.92. The fourth-order valence-corrected chi connectivity index (χ4v) is 2.93. The highest BCUT2D eigenvalue weighted by atomic mass is 16.5. The molecule has 0 radical (unpaired) electrons. The van der Waals surface area contributed by atoms with Gasteiger partial charge in [0.1, 0.15) is 6.61 Å². The second-order valence-corrected chi connectivity index (χ2v) is 4.84. The van der Waals surface area contributed by atoms with Crippen LogP contribution >= 0.6 is 0 Å². The molecule has 0 saturated carbocycles. The molecule has 0 amide bonds. The molecule has 17 heavy (non-hydrogen) atoms. The second kappa shape index (κ2) is 4.62. The molecule has 6 nitrogen and oxygen atoms in total. The van der Waals surface area contributed by atoms with E-state index in [-0.39, 0.29) is 0 Å². The van der Waals surface area contributed by atoms with Gasteiger partial charge in [-0.05, 0) is 18.8 Å².